The number of anilines is 1. The fourth-order valence-electron chi connectivity index (χ4n) is 4.13. The first-order valence-electron chi connectivity index (χ1n) is 11.6. The van der Waals surface area contributed by atoms with Gasteiger partial charge in [-0.05, 0) is 42.3 Å². The molecule has 192 valence electrons. The van der Waals surface area contributed by atoms with Crippen molar-refractivity contribution in [2.24, 2.45) is 0 Å². The second-order valence-electron chi connectivity index (χ2n) is 8.28. The first kappa shape index (κ1) is 25.7. The molecule has 2 aromatic heterocycles. The van der Waals surface area contributed by atoms with E-state index in [1.165, 1.54) is 21.8 Å². The van der Waals surface area contributed by atoms with Crippen molar-refractivity contribution in [3.05, 3.63) is 93.2 Å². The van der Waals surface area contributed by atoms with Crippen LogP contribution in [0.15, 0.2) is 53.6 Å². The Hall–Kier alpha value is -4.38. The Morgan fingerprint density at radius 1 is 1.11 bits per heavy atom. The quantitative estimate of drug-likeness (QED) is 0.320. The molecule has 0 fully saturated rings. The van der Waals surface area contributed by atoms with Crippen LogP contribution in [0.4, 0.5) is 14.6 Å². The fourth-order valence-corrected chi connectivity index (χ4v) is 4.13. The number of carbonyl (C=O) groups excluding carboxylic acids is 1. The first-order valence-corrected chi connectivity index (χ1v) is 11.6. The number of carbonyl (C=O) groups is 1. The van der Waals surface area contributed by atoms with Gasteiger partial charge in [0.05, 0.1) is 30.9 Å². The number of nitrogens with zero attached hydrogens (tertiary/aromatic N) is 4. The molecular formula is C26H26F2N6O3. The molecule has 0 radical (unpaired) electrons. The van der Waals surface area contributed by atoms with E-state index in [9.17, 15) is 23.5 Å². The largest absolute Gasteiger partial charge is 0.394 e. The molecule has 0 saturated carbocycles. The number of aromatic nitrogens is 4. The lowest BCUT2D eigenvalue weighted by molar-refractivity contribution is 0.0956. The zero-order valence-electron chi connectivity index (χ0n) is 20.3. The smallest absolute Gasteiger partial charge is 0.280 e. The van der Waals surface area contributed by atoms with Gasteiger partial charge in [0, 0.05) is 19.0 Å². The van der Waals surface area contributed by atoms with Crippen LogP contribution in [0.1, 0.15) is 27.2 Å². The molecule has 0 spiro atoms. The molecule has 1 amide bonds. The van der Waals surface area contributed by atoms with Gasteiger partial charge in [-0.2, -0.15) is 0 Å². The third kappa shape index (κ3) is 5.41. The number of rotatable bonds is 9. The molecule has 0 aliphatic rings. The molecule has 3 N–H and O–H groups in total. The van der Waals surface area contributed by atoms with E-state index in [0.717, 1.165) is 28.6 Å². The van der Waals surface area contributed by atoms with E-state index in [2.05, 4.69) is 20.6 Å². The molecule has 4 rings (SSSR count). The second kappa shape index (κ2) is 11.1. The molecule has 0 aliphatic carbocycles. The van der Waals surface area contributed by atoms with Gasteiger partial charge in [0.2, 0.25) is 0 Å². The molecule has 37 heavy (non-hydrogen) atoms. The van der Waals surface area contributed by atoms with Crippen molar-refractivity contribution in [1.82, 2.24) is 24.6 Å². The normalized spacial score (nSPS) is 11.4. The lowest BCUT2D eigenvalue weighted by Gasteiger charge is -2.12. The molecule has 0 saturated heterocycles. The predicted molar refractivity (Wildman–Crippen MR) is 136 cm³/mol. The summed E-state index contributed by atoms with van der Waals surface area (Å²) in [4.78, 5) is 34.5. The van der Waals surface area contributed by atoms with Crippen molar-refractivity contribution in [2.45, 2.75) is 20.0 Å². The van der Waals surface area contributed by atoms with Crippen LogP contribution in [0.3, 0.4) is 0 Å². The third-order valence-electron chi connectivity index (χ3n) is 5.93. The van der Waals surface area contributed by atoms with Gasteiger partial charge in [0.25, 0.3) is 11.5 Å². The average molecular weight is 509 g/mol. The van der Waals surface area contributed by atoms with Crippen LogP contribution in [0.5, 0.6) is 0 Å². The SMILES string of the molecule is CNc1ncnc2ccc(C=CCNC(=O)c3c(C)n(CCO)n(Cc4ccc(F)c(F)c4)c3=O)cc12. The van der Waals surface area contributed by atoms with Gasteiger partial charge in [0.1, 0.15) is 17.7 Å². The summed E-state index contributed by atoms with van der Waals surface area (Å²) in [5, 5.41) is 16.1. The Bertz CT molecular complexity index is 1540. The van der Waals surface area contributed by atoms with E-state index < -0.39 is 23.1 Å². The highest BCUT2D eigenvalue weighted by Gasteiger charge is 2.22. The van der Waals surface area contributed by atoms with Crippen LogP contribution in [-0.4, -0.2) is 50.5 Å². The molecule has 2 aromatic carbocycles. The number of fused-ring (bicyclic) bond motifs is 1. The number of benzene rings is 2. The monoisotopic (exact) mass is 508 g/mol. The molecule has 0 aliphatic heterocycles. The van der Waals surface area contributed by atoms with Crippen LogP contribution < -0.4 is 16.2 Å². The van der Waals surface area contributed by atoms with Crippen LogP contribution in [-0.2, 0) is 13.1 Å². The van der Waals surface area contributed by atoms with Gasteiger partial charge in [0.15, 0.2) is 11.6 Å². The van der Waals surface area contributed by atoms with Crippen molar-refractivity contribution in [1.29, 1.82) is 0 Å². The molecule has 11 heteroatoms. The topological polar surface area (TPSA) is 114 Å². The maximum Gasteiger partial charge on any atom is 0.280 e. The van der Waals surface area contributed by atoms with E-state index in [0.29, 0.717) is 17.1 Å². The van der Waals surface area contributed by atoms with Crippen molar-refractivity contribution in [2.75, 3.05) is 25.5 Å². The van der Waals surface area contributed by atoms with Crippen molar-refractivity contribution >= 4 is 28.7 Å². The Kier molecular flexibility index (Phi) is 7.73. The number of aliphatic hydroxyl groups is 1. The third-order valence-corrected chi connectivity index (χ3v) is 5.93. The molecule has 9 nitrogen and oxygen atoms in total. The Balaban J connectivity index is 1.51. The number of hydrogen-bond donors (Lipinski definition) is 3. The van der Waals surface area contributed by atoms with E-state index >= 15 is 0 Å². The van der Waals surface area contributed by atoms with Crippen molar-refractivity contribution < 1.29 is 18.7 Å². The summed E-state index contributed by atoms with van der Waals surface area (Å²) in [6.45, 7) is 1.44. The number of aliphatic hydroxyl groups excluding tert-OH is 1. The van der Waals surface area contributed by atoms with E-state index in [-0.39, 0.29) is 31.8 Å². The van der Waals surface area contributed by atoms with Crippen molar-refractivity contribution in [3.8, 4) is 0 Å². The standard InChI is InChI=1S/C26H26F2N6O3/c1-16-23(26(37)34(33(16)10-11-35)14-18-5-7-20(27)21(28)13-18)25(36)30-9-3-4-17-6-8-22-19(12-17)24(29-2)32-15-31-22/h3-8,12-13,15,35H,9-11,14H2,1-2H3,(H,30,36)(H,29,31,32). The number of hydrogen-bond acceptors (Lipinski definition) is 6. The van der Waals surface area contributed by atoms with Gasteiger partial charge >= 0.3 is 0 Å². The minimum atomic E-state index is -1.03. The van der Waals surface area contributed by atoms with E-state index in [1.807, 2.05) is 24.3 Å². The van der Waals surface area contributed by atoms with Crippen LogP contribution in [0, 0.1) is 18.6 Å². The van der Waals surface area contributed by atoms with Crippen molar-refractivity contribution in [3.63, 3.8) is 0 Å². The van der Waals surface area contributed by atoms with Gasteiger partial charge in [-0.25, -0.2) is 23.4 Å². The highest BCUT2D eigenvalue weighted by molar-refractivity contribution is 5.95. The molecule has 0 unspecified atom stereocenters. The molecule has 2 heterocycles. The number of nitrogens with one attached hydrogen (secondary N) is 2. The summed E-state index contributed by atoms with van der Waals surface area (Å²) < 4.78 is 29.7. The second-order valence-corrected chi connectivity index (χ2v) is 8.28. The van der Waals surface area contributed by atoms with Crippen LogP contribution in [0.25, 0.3) is 17.0 Å². The van der Waals surface area contributed by atoms with E-state index in [1.54, 1.807) is 20.0 Å². The zero-order valence-corrected chi connectivity index (χ0v) is 20.3. The van der Waals surface area contributed by atoms with Gasteiger partial charge in [-0.3, -0.25) is 14.3 Å². The Morgan fingerprint density at radius 2 is 1.92 bits per heavy atom. The highest BCUT2D eigenvalue weighted by Crippen LogP contribution is 2.20. The number of halogens is 2. The summed E-state index contributed by atoms with van der Waals surface area (Å²) in [6.07, 6.45) is 5.07. The van der Waals surface area contributed by atoms with Gasteiger partial charge < -0.3 is 15.7 Å². The fraction of sp³-hybridized carbons (Fsp3) is 0.231. The van der Waals surface area contributed by atoms with Crippen LogP contribution >= 0.6 is 0 Å². The zero-order chi connectivity index (χ0) is 26.5. The number of amides is 1. The first-order chi connectivity index (χ1) is 17.8. The maximum atomic E-state index is 13.7. The Labute approximate surface area is 211 Å². The predicted octanol–water partition coefficient (Wildman–Crippen LogP) is 2.71. The summed E-state index contributed by atoms with van der Waals surface area (Å²) in [7, 11) is 1.78. The molecule has 4 aromatic rings. The summed E-state index contributed by atoms with van der Waals surface area (Å²) >= 11 is 0. The maximum absolute atomic E-state index is 13.7. The minimum absolute atomic E-state index is 0.0538. The lowest BCUT2D eigenvalue weighted by atomic mass is 10.1. The molecular weight excluding hydrogens is 482 g/mol. The molecule has 0 bridgehead atoms. The van der Waals surface area contributed by atoms with Gasteiger partial charge in [-0.15, -0.1) is 0 Å². The summed E-state index contributed by atoms with van der Waals surface area (Å²) in [5.74, 6) is -1.90. The van der Waals surface area contributed by atoms with Crippen LogP contribution in [0.2, 0.25) is 0 Å². The minimum Gasteiger partial charge on any atom is -0.394 e. The molecule has 0 atom stereocenters. The lowest BCUT2D eigenvalue weighted by Crippen LogP contribution is -2.31. The summed E-state index contributed by atoms with van der Waals surface area (Å²) in [5.41, 5.74) is 1.71. The summed E-state index contributed by atoms with van der Waals surface area (Å²) in [6, 6.07) is 9.03. The van der Waals surface area contributed by atoms with Gasteiger partial charge in [-0.1, -0.05) is 24.3 Å². The highest BCUT2D eigenvalue weighted by atomic mass is 19.2. The average Bonchev–Trinajstić information content (AvgIpc) is 3.12. The Morgan fingerprint density at radius 3 is 2.65 bits per heavy atom. The van der Waals surface area contributed by atoms with E-state index in [4.69, 9.17) is 0 Å².